The molecule has 0 radical (unpaired) electrons. The molecule has 1 aromatic heterocycles. The second-order valence-corrected chi connectivity index (χ2v) is 7.93. The number of hydrogen-bond donors (Lipinski definition) is 2. The minimum Gasteiger partial charge on any atom is -0.326 e. The van der Waals surface area contributed by atoms with Crippen LogP contribution >= 0.6 is 23.1 Å². The van der Waals surface area contributed by atoms with Crippen molar-refractivity contribution in [2.45, 2.75) is 25.5 Å². The number of thioether (sulfide) groups is 1. The summed E-state index contributed by atoms with van der Waals surface area (Å²) in [6.07, 6.45) is 1.71. The predicted molar refractivity (Wildman–Crippen MR) is 108 cm³/mol. The van der Waals surface area contributed by atoms with Gasteiger partial charge in [0.15, 0.2) is 5.17 Å². The highest BCUT2D eigenvalue weighted by atomic mass is 32.2. The van der Waals surface area contributed by atoms with E-state index >= 15 is 0 Å². The first-order valence-electron chi connectivity index (χ1n) is 8.01. The van der Waals surface area contributed by atoms with Gasteiger partial charge in [0.2, 0.25) is 11.8 Å². The molecule has 1 atom stereocenters. The lowest BCUT2D eigenvalue weighted by molar-refractivity contribution is -0.122. The highest BCUT2D eigenvalue weighted by Gasteiger charge is 2.32. The van der Waals surface area contributed by atoms with Crippen LogP contribution in [-0.4, -0.2) is 28.4 Å². The standard InChI is InChI=1S/C18H18N4O2S2/c1-11-5-3-7-14(12(11)2)20-16(23)9-15-17(24)21-18(26-15)22-19-10-13-6-4-8-25-13/h3-8,10,15H,9H2,1-2H3,(H,20,23)(H,21,22,24). The van der Waals surface area contributed by atoms with Crippen molar-refractivity contribution >= 4 is 52.0 Å². The van der Waals surface area contributed by atoms with Gasteiger partial charge in [-0.3, -0.25) is 9.59 Å². The van der Waals surface area contributed by atoms with E-state index in [0.29, 0.717) is 5.17 Å². The smallest absolute Gasteiger partial charge is 0.240 e. The van der Waals surface area contributed by atoms with Crippen LogP contribution in [0.4, 0.5) is 5.69 Å². The third kappa shape index (κ3) is 4.59. The van der Waals surface area contributed by atoms with Gasteiger partial charge < -0.3 is 10.6 Å². The van der Waals surface area contributed by atoms with Gasteiger partial charge in [0.1, 0.15) is 5.25 Å². The molecule has 1 aliphatic rings. The Hall–Kier alpha value is -2.45. The number of nitrogens with zero attached hydrogens (tertiary/aromatic N) is 2. The van der Waals surface area contributed by atoms with Crippen molar-refractivity contribution in [3.63, 3.8) is 0 Å². The molecule has 2 aromatic rings. The van der Waals surface area contributed by atoms with E-state index < -0.39 is 5.25 Å². The number of aryl methyl sites for hydroxylation is 1. The van der Waals surface area contributed by atoms with Crippen LogP contribution in [0.1, 0.15) is 22.4 Å². The summed E-state index contributed by atoms with van der Waals surface area (Å²) in [5.74, 6) is -0.425. The van der Waals surface area contributed by atoms with Crippen LogP contribution in [0.5, 0.6) is 0 Å². The third-order valence-corrected chi connectivity index (χ3v) is 5.78. The summed E-state index contributed by atoms with van der Waals surface area (Å²) in [7, 11) is 0. The first-order valence-corrected chi connectivity index (χ1v) is 9.77. The number of hydrogen-bond acceptors (Lipinski definition) is 6. The molecule has 1 aromatic carbocycles. The lowest BCUT2D eigenvalue weighted by atomic mass is 10.1. The zero-order valence-corrected chi connectivity index (χ0v) is 16.0. The Balaban J connectivity index is 1.57. The predicted octanol–water partition coefficient (Wildman–Crippen LogP) is 3.32. The van der Waals surface area contributed by atoms with Crippen LogP contribution < -0.4 is 10.6 Å². The van der Waals surface area contributed by atoms with Gasteiger partial charge in [0.25, 0.3) is 0 Å². The molecule has 1 fully saturated rings. The first-order chi connectivity index (χ1) is 12.5. The molecule has 26 heavy (non-hydrogen) atoms. The molecule has 1 saturated heterocycles. The number of benzene rings is 1. The summed E-state index contributed by atoms with van der Waals surface area (Å²) in [4.78, 5) is 25.3. The van der Waals surface area contributed by atoms with Gasteiger partial charge in [-0.15, -0.1) is 16.4 Å². The van der Waals surface area contributed by atoms with E-state index in [1.54, 1.807) is 17.6 Å². The monoisotopic (exact) mass is 386 g/mol. The van der Waals surface area contributed by atoms with Gasteiger partial charge in [0, 0.05) is 17.0 Å². The van der Waals surface area contributed by atoms with Crippen LogP contribution in [-0.2, 0) is 9.59 Å². The summed E-state index contributed by atoms with van der Waals surface area (Å²) < 4.78 is 0. The average Bonchev–Trinajstić information content (AvgIpc) is 3.22. The van der Waals surface area contributed by atoms with E-state index in [9.17, 15) is 9.59 Å². The fourth-order valence-corrected chi connectivity index (χ4v) is 3.85. The first kappa shape index (κ1) is 18.3. The molecule has 1 aliphatic heterocycles. The van der Waals surface area contributed by atoms with Gasteiger partial charge in [-0.2, -0.15) is 5.10 Å². The number of rotatable bonds is 5. The molecule has 2 N–H and O–H groups in total. The van der Waals surface area contributed by atoms with Gasteiger partial charge >= 0.3 is 0 Å². The fraction of sp³-hybridized carbons (Fsp3) is 0.222. The van der Waals surface area contributed by atoms with Gasteiger partial charge in [-0.25, -0.2) is 0 Å². The topological polar surface area (TPSA) is 82.9 Å². The summed E-state index contributed by atoms with van der Waals surface area (Å²) in [6.45, 7) is 3.95. The van der Waals surface area contributed by atoms with Crippen LogP contribution in [0.25, 0.3) is 0 Å². The van der Waals surface area contributed by atoms with Crippen molar-refractivity contribution in [2.24, 2.45) is 10.2 Å². The number of nitrogens with one attached hydrogen (secondary N) is 2. The van der Waals surface area contributed by atoms with E-state index in [2.05, 4.69) is 20.8 Å². The number of anilines is 1. The molecule has 134 valence electrons. The maximum atomic E-state index is 12.3. The highest BCUT2D eigenvalue weighted by Crippen LogP contribution is 2.24. The quantitative estimate of drug-likeness (QED) is 0.611. The van der Waals surface area contributed by atoms with Crippen molar-refractivity contribution in [1.29, 1.82) is 0 Å². The average molecular weight is 387 g/mol. The number of carbonyl (C=O) groups is 2. The summed E-state index contributed by atoms with van der Waals surface area (Å²) in [5, 5.41) is 15.4. The molecule has 3 rings (SSSR count). The zero-order chi connectivity index (χ0) is 18.5. The number of amides is 2. The molecule has 0 bridgehead atoms. The molecule has 1 unspecified atom stereocenters. The maximum Gasteiger partial charge on any atom is 0.240 e. The second kappa shape index (κ2) is 8.29. The van der Waals surface area contributed by atoms with Gasteiger partial charge in [-0.1, -0.05) is 30.0 Å². The summed E-state index contributed by atoms with van der Waals surface area (Å²) >= 11 is 2.77. The third-order valence-electron chi connectivity index (χ3n) is 3.90. The molecule has 0 spiro atoms. The number of thiophene rings is 1. The SMILES string of the molecule is Cc1cccc(NC(=O)CC2S/C(=N/N=Cc3cccs3)NC2=O)c1C. The van der Waals surface area contributed by atoms with Crippen LogP contribution in [0.2, 0.25) is 0 Å². The van der Waals surface area contributed by atoms with Crippen molar-refractivity contribution < 1.29 is 9.59 Å². The van der Waals surface area contributed by atoms with E-state index in [4.69, 9.17) is 0 Å². The van der Waals surface area contributed by atoms with Crippen molar-refractivity contribution in [1.82, 2.24) is 5.32 Å². The summed E-state index contributed by atoms with van der Waals surface area (Å²) in [6, 6.07) is 9.59. The molecular weight excluding hydrogens is 368 g/mol. The minimum absolute atomic E-state index is 0.0809. The maximum absolute atomic E-state index is 12.3. The zero-order valence-electron chi connectivity index (χ0n) is 14.4. The molecule has 2 amide bonds. The Morgan fingerprint density at radius 3 is 2.92 bits per heavy atom. The Labute approximate surface area is 159 Å². The molecule has 6 nitrogen and oxygen atoms in total. The lowest BCUT2D eigenvalue weighted by Gasteiger charge is -2.11. The van der Waals surface area contributed by atoms with E-state index in [-0.39, 0.29) is 18.2 Å². The molecule has 0 aliphatic carbocycles. The van der Waals surface area contributed by atoms with E-state index in [0.717, 1.165) is 21.7 Å². The Morgan fingerprint density at radius 1 is 1.31 bits per heavy atom. The normalized spacial score (nSPS) is 18.5. The Kier molecular flexibility index (Phi) is 5.85. The molecule has 2 heterocycles. The van der Waals surface area contributed by atoms with Gasteiger partial charge in [0.05, 0.1) is 6.21 Å². The fourth-order valence-electron chi connectivity index (χ4n) is 2.35. The largest absolute Gasteiger partial charge is 0.326 e. The van der Waals surface area contributed by atoms with E-state index in [1.807, 2.05) is 49.6 Å². The van der Waals surface area contributed by atoms with Gasteiger partial charge in [-0.05, 0) is 42.5 Å². The minimum atomic E-state index is -0.504. The molecule has 0 saturated carbocycles. The lowest BCUT2D eigenvalue weighted by Crippen LogP contribution is -2.28. The second-order valence-electron chi connectivity index (χ2n) is 5.76. The van der Waals surface area contributed by atoms with Crippen molar-refractivity contribution in [2.75, 3.05) is 5.32 Å². The van der Waals surface area contributed by atoms with Crippen molar-refractivity contribution in [3.8, 4) is 0 Å². The number of amidine groups is 1. The van der Waals surface area contributed by atoms with Crippen molar-refractivity contribution in [3.05, 3.63) is 51.7 Å². The molecule has 8 heteroatoms. The molecular formula is C18H18N4O2S2. The summed E-state index contributed by atoms with van der Waals surface area (Å²) in [5.41, 5.74) is 2.90. The van der Waals surface area contributed by atoms with Crippen LogP contribution in [0.15, 0.2) is 45.9 Å². The van der Waals surface area contributed by atoms with Crippen LogP contribution in [0, 0.1) is 13.8 Å². The highest BCUT2D eigenvalue weighted by molar-refractivity contribution is 8.15. The van der Waals surface area contributed by atoms with E-state index in [1.165, 1.54) is 11.8 Å². The number of carbonyl (C=O) groups excluding carboxylic acids is 2. The van der Waals surface area contributed by atoms with Crippen LogP contribution in [0.3, 0.4) is 0 Å². The Bertz CT molecular complexity index is 875. The Morgan fingerprint density at radius 2 is 2.15 bits per heavy atom.